The van der Waals surface area contributed by atoms with E-state index in [1.807, 2.05) is 30.3 Å². The Bertz CT molecular complexity index is 1380. The molecule has 10 heteroatoms. The van der Waals surface area contributed by atoms with E-state index >= 15 is 0 Å². The molecule has 40 heavy (non-hydrogen) atoms. The van der Waals surface area contributed by atoms with Crippen molar-refractivity contribution in [1.82, 2.24) is 14.9 Å². The van der Waals surface area contributed by atoms with Crippen molar-refractivity contribution < 1.29 is 19.1 Å². The summed E-state index contributed by atoms with van der Waals surface area (Å²) in [7, 11) is 3.09. The summed E-state index contributed by atoms with van der Waals surface area (Å²) in [5.74, 6) is 1.62. The van der Waals surface area contributed by atoms with E-state index in [4.69, 9.17) is 20.6 Å². The summed E-state index contributed by atoms with van der Waals surface area (Å²) in [5.41, 5.74) is 8.27. The van der Waals surface area contributed by atoms with Crippen molar-refractivity contribution in [2.45, 2.75) is 31.7 Å². The minimum absolute atomic E-state index is 0.0258. The quantitative estimate of drug-likeness (QED) is 0.244. The van der Waals surface area contributed by atoms with Crippen molar-refractivity contribution >= 4 is 35.1 Å². The molecule has 2 heterocycles. The minimum atomic E-state index is -0.0698. The van der Waals surface area contributed by atoms with E-state index in [1.165, 1.54) is 19.5 Å². The van der Waals surface area contributed by atoms with Crippen molar-refractivity contribution in [3.05, 3.63) is 77.6 Å². The fourth-order valence-corrected chi connectivity index (χ4v) is 4.58. The molecule has 0 radical (unpaired) electrons. The Morgan fingerprint density at radius 1 is 1.05 bits per heavy atom. The molecule has 4 N–H and O–H groups in total. The van der Waals surface area contributed by atoms with Crippen LogP contribution in [0.2, 0.25) is 0 Å². The molecular formula is C30H34N6O4. The fraction of sp³-hybridized carbons (Fsp3) is 0.300. The first kappa shape index (κ1) is 28.3. The highest BCUT2D eigenvalue weighted by Gasteiger charge is 2.25. The maximum absolute atomic E-state index is 12.7. The van der Waals surface area contributed by atoms with E-state index in [1.54, 1.807) is 36.3 Å². The molecule has 0 atom stereocenters. The molecule has 1 aliphatic heterocycles. The molecule has 1 aromatic heterocycles. The monoisotopic (exact) mass is 542 g/mol. The van der Waals surface area contributed by atoms with Gasteiger partial charge in [-0.2, -0.15) is 0 Å². The van der Waals surface area contributed by atoms with Crippen molar-refractivity contribution in [2.24, 2.45) is 0 Å². The van der Waals surface area contributed by atoms with Gasteiger partial charge in [-0.3, -0.25) is 15.0 Å². The third-order valence-electron chi connectivity index (χ3n) is 6.83. The maximum atomic E-state index is 12.7. The molecule has 10 nitrogen and oxygen atoms in total. The Morgan fingerprint density at radius 3 is 2.48 bits per heavy atom. The number of ketones is 1. The number of anilines is 2. The highest BCUT2D eigenvalue weighted by Crippen LogP contribution is 2.30. The van der Waals surface area contributed by atoms with Gasteiger partial charge in [0.25, 0.3) is 0 Å². The summed E-state index contributed by atoms with van der Waals surface area (Å²) in [6.45, 7) is 1.13. The summed E-state index contributed by atoms with van der Waals surface area (Å²) in [6.07, 6.45) is 6.42. The van der Waals surface area contributed by atoms with Gasteiger partial charge in [0, 0.05) is 37.5 Å². The zero-order valence-electron chi connectivity index (χ0n) is 22.7. The zero-order valence-corrected chi connectivity index (χ0v) is 22.7. The highest BCUT2D eigenvalue weighted by molar-refractivity contribution is 6.16. The van der Waals surface area contributed by atoms with Gasteiger partial charge < -0.3 is 25.4 Å². The van der Waals surface area contributed by atoms with Crippen LogP contribution in [0.1, 0.15) is 42.4 Å². The number of rotatable bonds is 11. The van der Waals surface area contributed by atoms with Crippen molar-refractivity contribution in [3.8, 4) is 11.5 Å². The molecular weight excluding hydrogens is 508 g/mol. The summed E-state index contributed by atoms with van der Waals surface area (Å²) in [5, 5.41) is 12.2. The number of nitrogens with two attached hydrogens (primary N) is 1. The number of nitrogens with zero attached hydrogens (tertiary/aromatic N) is 3. The number of hydrogen-bond acceptors (Lipinski definition) is 9. The van der Waals surface area contributed by atoms with Crippen LogP contribution in [0, 0.1) is 5.41 Å². The van der Waals surface area contributed by atoms with Crippen molar-refractivity contribution in [3.63, 3.8) is 0 Å². The molecule has 4 rings (SSSR count). The molecule has 208 valence electrons. The van der Waals surface area contributed by atoms with Crippen LogP contribution in [0.5, 0.6) is 11.5 Å². The minimum Gasteiger partial charge on any atom is -0.493 e. The number of amides is 1. The van der Waals surface area contributed by atoms with E-state index in [0.29, 0.717) is 54.4 Å². The smallest absolute Gasteiger partial charge is 0.223 e. The van der Waals surface area contributed by atoms with Crippen LogP contribution in [0.15, 0.2) is 60.9 Å². The van der Waals surface area contributed by atoms with Gasteiger partial charge >= 0.3 is 0 Å². The fourth-order valence-electron chi connectivity index (χ4n) is 4.58. The lowest BCUT2D eigenvalue weighted by Gasteiger charge is -2.33. The molecule has 0 saturated carbocycles. The first-order valence-corrected chi connectivity index (χ1v) is 13.1. The number of nitrogen functional groups attached to an aromatic ring is 1. The Hall–Kier alpha value is -4.73. The van der Waals surface area contributed by atoms with Crippen LogP contribution in [0.3, 0.4) is 0 Å². The topological polar surface area (TPSA) is 144 Å². The maximum Gasteiger partial charge on any atom is 0.223 e. The number of benzene rings is 2. The third kappa shape index (κ3) is 7.02. The highest BCUT2D eigenvalue weighted by atomic mass is 16.5. The summed E-state index contributed by atoms with van der Waals surface area (Å²) < 4.78 is 10.7. The number of likely N-dealkylation sites (tertiary alicyclic amines) is 1. The lowest BCUT2D eigenvalue weighted by Crippen LogP contribution is -2.42. The molecule has 1 saturated heterocycles. The van der Waals surface area contributed by atoms with Gasteiger partial charge in [-0.25, -0.2) is 9.97 Å². The average molecular weight is 543 g/mol. The Kier molecular flexibility index (Phi) is 9.45. The average Bonchev–Trinajstić information content (AvgIpc) is 2.99. The van der Waals surface area contributed by atoms with Crippen molar-refractivity contribution in [2.75, 3.05) is 38.4 Å². The van der Waals surface area contributed by atoms with Crippen molar-refractivity contribution in [1.29, 1.82) is 5.41 Å². The van der Waals surface area contributed by atoms with E-state index < -0.39 is 0 Å². The number of hydrogen-bond donors (Lipinski definition) is 3. The van der Waals surface area contributed by atoms with Gasteiger partial charge in [0.15, 0.2) is 17.3 Å². The number of methoxy groups -OCH3 is 2. The normalized spacial score (nSPS) is 13.7. The molecule has 0 unspecified atom stereocenters. The standard InChI is InChI=1S/C30H34N6O4/c1-39-24-12-9-21(18-25(24)40-2)28(31)27-29(32)33-19-34-30(27)35-22-14-16-36(17-15-22)26(38)13-11-23(37)10-8-20-6-4-3-5-7-20/h3-10,12,18-19,22,31H,11,13-17H2,1-2H3,(H3,32,33,34,35)/b10-8+,31-28?. The third-order valence-corrected chi connectivity index (χ3v) is 6.83. The van der Waals surface area contributed by atoms with E-state index in [2.05, 4.69) is 15.3 Å². The molecule has 0 aliphatic carbocycles. The number of carbonyl (C=O) groups excluding carboxylic acids is 2. The molecule has 3 aromatic rings. The van der Waals surface area contributed by atoms with Crippen LogP contribution < -0.4 is 20.5 Å². The Balaban J connectivity index is 1.33. The number of piperidine rings is 1. The summed E-state index contributed by atoms with van der Waals surface area (Å²) in [6, 6.07) is 14.8. The van der Waals surface area contributed by atoms with Crippen LogP contribution >= 0.6 is 0 Å². The van der Waals surface area contributed by atoms with Gasteiger partial charge in [0.2, 0.25) is 5.91 Å². The van der Waals surface area contributed by atoms with Gasteiger partial charge in [0.05, 0.1) is 25.5 Å². The Morgan fingerprint density at radius 2 is 1.77 bits per heavy atom. The lowest BCUT2D eigenvalue weighted by atomic mass is 10.0. The van der Waals surface area contributed by atoms with Crippen LogP contribution in [0.4, 0.5) is 11.6 Å². The van der Waals surface area contributed by atoms with E-state index in [0.717, 1.165) is 5.56 Å². The van der Waals surface area contributed by atoms with Crippen LogP contribution in [-0.4, -0.2) is 65.6 Å². The van der Waals surface area contributed by atoms with E-state index in [9.17, 15) is 9.59 Å². The second-order valence-electron chi connectivity index (χ2n) is 9.44. The first-order chi connectivity index (χ1) is 19.4. The number of aromatic nitrogens is 2. The molecule has 1 amide bonds. The Labute approximate surface area is 233 Å². The molecule has 1 fully saturated rings. The SMILES string of the molecule is COc1ccc(C(=N)c2c(N)ncnc2NC2CCN(C(=O)CCC(=O)/C=C/c3ccccc3)CC2)cc1OC. The molecule has 0 spiro atoms. The van der Waals surface area contributed by atoms with Gasteiger partial charge in [-0.15, -0.1) is 0 Å². The van der Waals surface area contributed by atoms with Gasteiger partial charge in [0.1, 0.15) is 18.0 Å². The van der Waals surface area contributed by atoms with Crippen LogP contribution in [-0.2, 0) is 9.59 Å². The van der Waals surface area contributed by atoms with Gasteiger partial charge in [-0.05, 0) is 42.7 Å². The zero-order chi connectivity index (χ0) is 28.5. The largest absolute Gasteiger partial charge is 0.493 e. The van der Waals surface area contributed by atoms with Crippen LogP contribution in [0.25, 0.3) is 6.08 Å². The number of allylic oxidation sites excluding steroid dienone is 1. The number of nitrogens with one attached hydrogen (secondary N) is 2. The number of ether oxygens (including phenoxy) is 2. The summed E-state index contributed by atoms with van der Waals surface area (Å²) in [4.78, 5) is 35.2. The second-order valence-corrected chi connectivity index (χ2v) is 9.44. The first-order valence-electron chi connectivity index (χ1n) is 13.1. The second kappa shape index (κ2) is 13.4. The molecule has 0 bridgehead atoms. The predicted molar refractivity (Wildman–Crippen MR) is 155 cm³/mol. The lowest BCUT2D eigenvalue weighted by molar-refractivity contribution is -0.133. The van der Waals surface area contributed by atoms with Gasteiger partial charge in [-0.1, -0.05) is 36.4 Å². The summed E-state index contributed by atoms with van der Waals surface area (Å²) >= 11 is 0. The molecule has 1 aliphatic rings. The molecule has 2 aromatic carbocycles. The van der Waals surface area contributed by atoms with E-state index in [-0.39, 0.29) is 42.1 Å². The predicted octanol–water partition coefficient (Wildman–Crippen LogP) is 3.96. The number of carbonyl (C=O) groups is 2.